The van der Waals surface area contributed by atoms with Gasteiger partial charge in [0, 0.05) is 0 Å². The Balaban J connectivity index is 3.17. The van der Waals surface area contributed by atoms with Gasteiger partial charge >= 0.3 is 92.2 Å². The van der Waals surface area contributed by atoms with E-state index in [9.17, 15) is 17.2 Å². The van der Waals surface area contributed by atoms with Crippen LogP contribution in [0.4, 0.5) is 8.78 Å². The third-order valence-corrected chi connectivity index (χ3v) is 4.35. The van der Waals surface area contributed by atoms with Gasteiger partial charge in [-0.15, -0.1) is 0 Å². The summed E-state index contributed by atoms with van der Waals surface area (Å²) in [6.45, 7) is 1.62. The van der Waals surface area contributed by atoms with E-state index in [2.05, 4.69) is 0 Å². The summed E-state index contributed by atoms with van der Waals surface area (Å²) in [5.41, 5.74) is 0.600. The van der Waals surface area contributed by atoms with Crippen LogP contribution in [0.25, 0.3) is 0 Å². The molecule has 0 bridgehead atoms. The summed E-state index contributed by atoms with van der Waals surface area (Å²) in [7, 11) is -4.31. The Morgan fingerprint density at radius 2 is 2.00 bits per heavy atom. The predicted octanol–water partition coefficient (Wildman–Crippen LogP) is 0.794. The summed E-state index contributed by atoms with van der Waals surface area (Å²) in [5.74, 6) is 0. The molecule has 0 aliphatic rings. The summed E-state index contributed by atoms with van der Waals surface area (Å²) < 4.78 is 54.8. The quantitative estimate of drug-likeness (QED) is 0.663. The molecule has 1 aromatic rings. The van der Waals surface area contributed by atoms with Crippen LogP contribution in [-0.4, -0.2) is 33.3 Å². The molecule has 0 fully saturated rings. The number of benzene rings is 1. The standard InChI is InChI=1S/C8H8F2O3SSe/c1-5-2-3-6(14(11,12)13)4-7(5)15-8(9)10/h2-4,8H,1H3,(H,11,12,13). The van der Waals surface area contributed by atoms with Crippen molar-refractivity contribution in [1.82, 2.24) is 0 Å². The predicted molar refractivity (Wildman–Crippen MR) is 52.4 cm³/mol. The second-order valence-corrected chi connectivity index (χ2v) is 6.37. The molecule has 1 N–H and O–H groups in total. The first-order valence-corrected chi connectivity index (χ1v) is 7.12. The van der Waals surface area contributed by atoms with Crippen molar-refractivity contribution in [3.8, 4) is 0 Å². The molecule has 0 amide bonds. The molecule has 1 aromatic carbocycles. The summed E-state index contributed by atoms with van der Waals surface area (Å²) in [6, 6.07) is 3.69. The first kappa shape index (κ1) is 12.6. The average molecular weight is 301 g/mol. The van der Waals surface area contributed by atoms with Gasteiger partial charge in [0.1, 0.15) is 0 Å². The Bertz CT molecular complexity index is 459. The van der Waals surface area contributed by atoms with Crippen LogP contribution in [0, 0.1) is 6.92 Å². The van der Waals surface area contributed by atoms with E-state index in [1.54, 1.807) is 6.92 Å². The molecule has 0 unspecified atom stereocenters. The topological polar surface area (TPSA) is 54.4 Å². The Hall–Kier alpha value is -0.491. The van der Waals surface area contributed by atoms with E-state index < -0.39 is 30.4 Å². The molecule has 15 heavy (non-hydrogen) atoms. The molecule has 0 spiro atoms. The fourth-order valence-electron chi connectivity index (χ4n) is 0.964. The van der Waals surface area contributed by atoms with Gasteiger partial charge in [0.15, 0.2) is 0 Å². The Labute approximate surface area is 92.4 Å². The Morgan fingerprint density at radius 1 is 1.40 bits per heavy atom. The Kier molecular flexibility index (Phi) is 3.83. The van der Waals surface area contributed by atoms with Crippen LogP contribution in [0.1, 0.15) is 5.56 Å². The van der Waals surface area contributed by atoms with Crippen LogP contribution in [0.5, 0.6) is 0 Å². The molecule has 0 aliphatic carbocycles. The molecular weight excluding hydrogens is 293 g/mol. The van der Waals surface area contributed by atoms with Gasteiger partial charge in [-0.1, -0.05) is 0 Å². The van der Waals surface area contributed by atoms with Crippen LogP contribution < -0.4 is 4.46 Å². The van der Waals surface area contributed by atoms with Gasteiger partial charge in [-0.25, -0.2) is 0 Å². The molecule has 7 heteroatoms. The molecule has 0 saturated carbocycles. The van der Waals surface area contributed by atoms with Crippen molar-refractivity contribution < 1.29 is 21.8 Å². The molecule has 0 heterocycles. The van der Waals surface area contributed by atoms with Crippen molar-refractivity contribution in [1.29, 1.82) is 0 Å². The average Bonchev–Trinajstić information content (AvgIpc) is 2.06. The summed E-state index contributed by atoms with van der Waals surface area (Å²) >= 11 is -1.09. The van der Waals surface area contributed by atoms with Crippen molar-refractivity contribution in [2.75, 3.05) is 0 Å². The maximum atomic E-state index is 12.1. The number of halogens is 2. The SMILES string of the molecule is Cc1ccc(S(=O)(=O)O)cc1[Se]C(F)F. The normalized spacial score (nSPS) is 12.1. The van der Waals surface area contributed by atoms with Gasteiger partial charge in [0.25, 0.3) is 0 Å². The summed E-state index contributed by atoms with van der Waals surface area (Å²) in [6.07, 6.45) is 0. The van der Waals surface area contributed by atoms with Crippen molar-refractivity contribution in [2.24, 2.45) is 0 Å². The molecule has 1 rings (SSSR count). The Morgan fingerprint density at radius 3 is 2.47 bits per heavy atom. The first-order valence-electron chi connectivity index (χ1n) is 3.83. The van der Waals surface area contributed by atoms with Gasteiger partial charge in [0.05, 0.1) is 0 Å². The van der Waals surface area contributed by atoms with Gasteiger partial charge in [-0.05, 0) is 0 Å². The second-order valence-electron chi connectivity index (χ2n) is 2.78. The zero-order valence-corrected chi connectivity index (χ0v) is 10.2. The molecule has 3 nitrogen and oxygen atoms in total. The molecular formula is C8H8F2O3SSe. The van der Waals surface area contributed by atoms with Gasteiger partial charge in [-0.2, -0.15) is 0 Å². The van der Waals surface area contributed by atoms with Gasteiger partial charge in [0.2, 0.25) is 0 Å². The fourth-order valence-corrected chi connectivity index (χ4v) is 2.98. The van der Waals surface area contributed by atoms with Gasteiger partial charge < -0.3 is 0 Å². The second kappa shape index (κ2) is 4.57. The molecule has 84 valence electrons. The van der Waals surface area contributed by atoms with Crippen molar-refractivity contribution in [3.05, 3.63) is 23.8 Å². The third kappa shape index (κ3) is 3.53. The molecule has 0 aliphatic heterocycles. The first-order chi connectivity index (χ1) is 6.80. The number of alkyl halides is 2. The van der Waals surface area contributed by atoms with Crippen LogP contribution >= 0.6 is 0 Å². The minimum absolute atomic E-state index is 0.285. The van der Waals surface area contributed by atoms with E-state index in [1.165, 1.54) is 12.1 Å². The van der Waals surface area contributed by atoms with E-state index in [1.807, 2.05) is 0 Å². The number of hydrogen-bond donors (Lipinski definition) is 1. The van der Waals surface area contributed by atoms with Crippen molar-refractivity contribution >= 4 is 29.5 Å². The monoisotopic (exact) mass is 302 g/mol. The van der Waals surface area contributed by atoms with Crippen LogP contribution in [0.3, 0.4) is 0 Å². The van der Waals surface area contributed by atoms with Crippen molar-refractivity contribution in [2.45, 2.75) is 17.1 Å². The van der Waals surface area contributed by atoms with Gasteiger partial charge in [-0.3, -0.25) is 0 Å². The fraction of sp³-hybridized carbons (Fsp3) is 0.250. The van der Waals surface area contributed by atoms with Crippen LogP contribution in [0.2, 0.25) is 0 Å². The summed E-state index contributed by atoms with van der Waals surface area (Å²) in [5, 5.41) is -2.48. The van der Waals surface area contributed by atoms with Crippen LogP contribution in [0.15, 0.2) is 23.1 Å². The molecule has 0 atom stereocenters. The molecule has 0 radical (unpaired) electrons. The number of aryl methyl sites for hydroxylation is 1. The maximum absolute atomic E-state index is 12.1. The molecule has 0 aromatic heterocycles. The molecule has 0 saturated heterocycles. The van der Waals surface area contributed by atoms with Crippen LogP contribution in [-0.2, 0) is 10.1 Å². The minimum atomic E-state index is -4.31. The van der Waals surface area contributed by atoms with E-state index in [0.29, 0.717) is 5.56 Å². The van der Waals surface area contributed by atoms with E-state index in [0.717, 1.165) is 6.07 Å². The van der Waals surface area contributed by atoms with E-state index >= 15 is 0 Å². The van der Waals surface area contributed by atoms with E-state index in [-0.39, 0.29) is 9.36 Å². The summed E-state index contributed by atoms with van der Waals surface area (Å²) in [4.78, 5) is -0.342. The van der Waals surface area contributed by atoms with E-state index in [4.69, 9.17) is 4.55 Å². The number of rotatable bonds is 3. The number of hydrogen-bond acceptors (Lipinski definition) is 2. The third-order valence-electron chi connectivity index (χ3n) is 1.67. The zero-order chi connectivity index (χ0) is 11.6. The zero-order valence-electron chi connectivity index (χ0n) is 7.65. The van der Waals surface area contributed by atoms with Crippen molar-refractivity contribution in [3.63, 3.8) is 0 Å².